The molecule has 0 saturated carbocycles. The van der Waals surface area contributed by atoms with Crippen molar-refractivity contribution in [2.75, 3.05) is 31.6 Å². The number of hydrogen-bond donors (Lipinski definition) is 2. The summed E-state index contributed by atoms with van der Waals surface area (Å²) in [5, 5.41) is 6.18. The number of anilines is 1. The van der Waals surface area contributed by atoms with Gasteiger partial charge < -0.3 is 20.3 Å². The number of Topliss-reactive ketones (excluding diaryl/α,β-unsaturated/α-hetero) is 1. The molecule has 1 saturated heterocycles. The number of hydrogen-bond acceptors (Lipinski definition) is 5. The van der Waals surface area contributed by atoms with E-state index in [0.717, 1.165) is 12.8 Å². The smallest absolute Gasteiger partial charge is 0.409 e. The third kappa shape index (κ3) is 6.15. The van der Waals surface area contributed by atoms with Crippen LogP contribution in [-0.4, -0.2) is 55.0 Å². The summed E-state index contributed by atoms with van der Waals surface area (Å²) in [7, 11) is 0. The number of benzene rings is 1. The lowest BCUT2D eigenvalue weighted by atomic mass is 10.1. The molecule has 1 heterocycles. The maximum absolute atomic E-state index is 12.0. The van der Waals surface area contributed by atoms with E-state index in [0.29, 0.717) is 50.0 Å². The highest BCUT2D eigenvalue weighted by molar-refractivity contribution is 5.97. The van der Waals surface area contributed by atoms with Crippen molar-refractivity contribution < 1.29 is 19.1 Å². The second kappa shape index (κ2) is 9.91. The molecule has 1 fully saturated rings. The van der Waals surface area contributed by atoms with Gasteiger partial charge in [-0.15, -0.1) is 0 Å². The van der Waals surface area contributed by atoms with E-state index in [1.165, 1.54) is 6.92 Å². The van der Waals surface area contributed by atoms with Crippen molar-refractivity contribution >= 4 is 23.5 Å². The summed E-state index contributed by atoms with van der Waals surface area (Å²) in [6.07, 6.45) is 1.79. The normalized spacial score (nSPS) is 14.8. The largest absolute Gasteiger partial charge is 0.450 e. The van der Waals surface area contributed by atoms with E-state index >= 15 is 0 Å². The van der Waals surface area contributed by atoms with E-state index in [2.05, 4.69) is 10.6 Å². The number of ketones is 1. The highest BCUT2D eigenvalue weighted by Gasteiger charge is 2.23. The van der Waals surface area contributed by atoms with Gasteiger partial charge in [0.25, 0.3) is 0 Å². The van der Waals surface area contributed by atoms with Crippen LogP contribution in [0.25, 0.3) is 0 Å². The van der Waals surface area contributed by atoms with E-state index in [1.807, 2.05) is 0 Å². The number of nitrogens with one attached hydrogen (secondary N) is 2. The van der Waals surface area contributed by atoms with Gasteiger partial charge in [-0.2, -0.15) is 0 Å². The van der Waals surface area contributed by atoms with Crippen LogP contribution in [0.1, 0.15) is 43.5 Å². The third-order valence-corrected chi connectivity index (χ3v) is 4.36. The number of likely N-dealkylation sites (tertiary alicyclic amines) is 1. The Morgan fingerprint density at radius 2 is 1.96 bits per heavy atom. The molecule has 0 spiro atoms. The van der Waals surface area contributed by atoms with E-state index in [-0.39, 0.29) is 17.8 Å². The average Bonchev–Trinajstić information content (AvgIpc) is 2.62. The van der Waals surface area contributed by atoms with Gasteiger partial charge in [0, 0.05) is 43.3 Å². The van der Waals surface area contributed by atoms with Crippen LogP contribution in [0.15, 0.2) is 24.3 Å². The van der Waals surface area contributed by atoms with Crippen molar-refractivity contribution in [3.8, 4) is 0 Å². The van der Waals surface area contributed by atoms with Crippen LogP contribution in [0.5, 0.6) is 0 Å². The number of nitrogens with zero attached hydrogens (tertiary/aromatic N) is 1. The summed E-state index contributed by atoms with van der Waals surface area (Å²) >= 11 is 0. The van der Waals surface area contributed by atoms with Crippen LogP contribution >= 0.6 is 0 Å². The topological polar surface area (TPSA) is 87.7 Å². The Kier molecular flexibility index (Phi) is 7.59. The summed E-state index contributed by atoms with van der Waals surface area (Å²) in [4.78, 5) is 36.8. The Hall–Kier alpha value is -2.41. The predicted octanol–water partition coefficient (Wildman–Crippen LogP) is 2.43. The molecule has 0 aromatic heterocycles. The van der Waals surface area contributed by atoms with Gasteiger partial charge >= 0.3 is 6.09 Å². The monoisotopic (exact) mass is 361 g/mol. The van der Waals surface area contributed by atoms with Gasteiger partial charge in [0.05, 0.1) is 6.61 Å². The Labute approximate surface area is 154 Å². The minimum Gasteiger partial charge on any atom is -0.450 e. The zero-order valence-corrected chi connectivity index (χ0v) is 15.4. The minimum atomic E-state index is -0.252. The molecule has 2 N–H and O–H groups in total. The molecule has 7 nitrogen and oxygen atoms in total. The standard InChI is InChI=1S/C19H27N3O4/c1-3-26-19(25)22-11-8-16(9-12-22)20-10-7-18(24)21-17-6-4-5-15(13-17)14(2)23/h4-6,13,16,20H,3,7-12H2,1-2H3,(H,21,24). The molecule has 2 rings (SSSR count). The van der Waals surface area contributed by atoms with Crippen molar-refractivity contribution in [2.24, 2.45) is 0 Å². The zero-order valence-electron chi connectivity index (χ0n) is 15.4. The van der Waals surface area contributed by atoms with Crippen LogP contribution < -0.4 is 10.6 Å². The lowest BCUT2D eigenvalue weighted by Gasteiger charge is -2.31. The summed E-state index contributed by atoms with van der Waals surface area (Å²) in [6, 6.07) is 7.22. The average molecular weight is 361 g/mol. The molecular formula is C19H27N3O4. The predicted molar refractivity (Wildman–Crippen MR) is 99.3 cm³/mol. The Morgan fingerprint density at radius 3 is 2.62 bits per heavy atom. The second-order valence-electron chi connectivity index (χ2n) is 6.35. The van der Waals surface area contributed by atoms with Gasteiger partial charge in [-0.25, -0.2) is 4.79 Å². The van der Waals surface area contributed by atoms with Crippen molar-refractivity contribution in [1.29, 1.82) is 0 Å². The van der Waals surface area contributed by atoms with Crippen molar-refractivity contribution in [1.82, 2.24) is 10.2 Å². The van der Waals surface area contributed by atoms with Crippen molar-refractivity contribution in [3.05, 3.63) is 29.8 Å². The van der Waals surface area contributed by atoms with Crippen LogP contribution in [0.4, 0.5) is 10.5 Å². The quantitative estimate of drug-likeness (QED) is 0.728. The molecule has 0 aliphatic carbocycles. The maximum atomic E-state index is 12.0. The highest BCUT2D eigenvalue weighted by atomic mass is 16.6. The fraction of sp³-hybridized carbons (Fsp3) is 0.526. The molecule has 1 aromatic rings. The summed E-state index contributed by atoms with van der Waals surface area (Å²) < 4.78 is 5.00. The van der Waals surface area contributed by atoms with Gasteiger partial charge in [0.2, 0.25) is 5.91 Å². The number of carbonyl (C=O) groups excluding carboxylic acids is 3. The van der Waals surface area contributed by atoms with E-state index in [1.54, 1.807) is 36.1 Å². The molecule has 0 atom stereocenters. The first-order chi connectivity index (χ1) is 12.5. The Balaban J connectivity index is 1.67. The third-order valence-electron chi connectivity index (χ3n) is 4.36. The van der Waals surface area contributed by atoms with E-state index in [9.17, 15) is 14.4 Å². The Morgan fingerprint density at radius 1 is 1.23 bits per heavy atom. The lowest BCUT2D eigenvalue weighted by Crippen LogP contribution is -2.45. The first-order valence-corrected chi connectivity index (χ1v) is 9.05. The van der Waals surface area contributed by atoms with Gasteiger partial charge in [-0.3, -0.25) is 9.59 Å². The fourth-order valence-corrected chi connectivity index (χ4v) is 2.91. The lowest BCUT2D eigenvalue weighted by molar-refractivity contribution is -0.116. The molecule has 1 aromatic carbocycles. The van der Waals surface area contributed by atoms with Crippen molar-refractivity contribution in [2.45, 2.75) is 39.2 Å². The number of ether oxygens (including phenoxy) is 1. The Bertz CT molecular complexity index is 639. The highest BCUT2D eigenvalue weighted by Crippen LogP contribution is 2.13. The van der Waals surface area contributed by atoms with Crippen LogP contribution in [0.3, 0.4) is 0 Å². The minimum absolute atomic E-state index is 0.0306. The van der Waals surface area contributed by atoms with Gasteiger partial charge in [-0.05, 0) is 38.8 Å². The molecule has 7 heteroatoms. The summed E-state index contributed by atoms with van der Waals surface area (Å²) in [5.74, 6) is -0.126. The van der Waals surface area contributed by atoms with Crippen LogP contribution in [0, 0.1) is 0 Å². The molecule has 0 radical (unpaired) electrons. The molecule has 142 valence electrons. The SMILES string of the molecule is CCOC(=O)N1CCC(NCCC(=O)Nc2cccc(C(C)=O)c2)CC1. The number of amides is 2. The van der Waals surface area contributed by atoms with E-state index in [4.69, 9.17) is 4.74 Å². The summed E-state index contributed by atoms with van der Waals surface area (Å²) in [6.45, 7) is 5.59. The van der Waals surface area contributed by atoms with Crippen LogP contribution in [-0.2, 0) is 9.53 Å². The fourth-order valence-electron chi connectivity index (χ4n) is 2.91. The molecule has 0 unspecified atom stereocenters. The molecule has 2 amide bonds. The summed E-state index contributed by atoms with van der Waals surface area (Å²) in [5.41, 5.74) is 1.21. The first-order valence-electron chi connectivity index (χ1n) is 9.05. The van der Waals surface area contributed by atoms with Gasteiger partial charge in [0.15, 0.2) is 5.78 Å². The maximum Gasteiger partial charge on any atom is 0.409 e. The number of carbonyl (C=O) groups is 3. The molecule has 1 aliphatic rings. The van der Waals surface area contributed by atoms with Gasteiger partial charge in [0.1, 0.15) is 0 Å². The zero-order chi connectivity index (χ0) is 18.9. The molecule has 0 bridgehead atoms. The van der Waals surface area contributed by atoms with Crippen molar-refractivity contribution in [3.63, 3.8) is 0 Å². The van der Waals surface area contributed by atoms with Gasteiger partial charge in [-0.1, -0.05) is 12.1 Å². The molecule has 26 heavy (non-hydrogen) atoms. The molecular weight excluding hydrogens is 334 g/mol. The number of piperidine rings is 1. The second-order valence-corrected chi connectivity index (χ2v) is 6.35. The van der Waals surface area contributed by atoms with E-state index < -0.39 is 0 Å². The van der Waals surface area contributed by atoms with Crippen LogP contribution in [0.2, 0.25) is 0 Å². The first kappa shape index (κ1) is 19.9. The number of rotatable bonds is 7. The molecule has 1 aliphatic heterocycles.